The maximum absolute atomic E-state index is 13.7. The highest BCUT2D eigenvalue weighted by molar-refractivity contribution is 9.10. The molecule has 118 valence electrons. The molecular formula is C17H9BrFN3OS. The van der Waals surface area contributed by atoms with Crippen molar-refractivity contribution in [3.63, 3.8) is 0 Å². The first kappa shape index (κ1) is 15.2. The first-order chi connectivity index (χ1) is 11.6. The first-order valence-corrected chi connectivity index (χ1v) is 8.64. The summed E-state index contributed by atoms with van der Waals surface area (Å²) in [5.41, 5.74) is 0.898. The molecule has 0 bridgehead atoms. The maximum Gasteiger partial charge on any atom is 0.291 e. The molecule has 0 saturated heterocycles. The average molecular weight is 402 g/mol. The Morgan fingerprint density at radius 3 is 2.58 bits per heavy atom. The molecule has 0 amide bonds. The molecule has 2 aromatic heterocycles. The van der Waals surface area contributed by atoms with E-state index in [1.54, 1.807) is 18.2 Å². The van der Waals surface area contributed by atoms with E-state index in [0.717, 1.165) is 10.0 Å². The maximum atomic E-state index is 13.7. The smallest absolute Gasteiger partial charge is 0.266 e. The number of halogens is 2. The van der Waals surface area contributed by atoms with Crippen LogP contribution >= 0.6 is 27.3 Å². The van der Waals surface area contributed by atoms with Gasteiger partial charge in [-0.2, -0.15) is 9.50 Å². The zero-order valence-corrected chi connectivity index (χ0v) is 14.5. The third-order valence-electron chi connectivity index (χ3n) is 3.48. The molecule has 4 nitrogen and oxygen atoms in total. The van der Waals surface area contributed by atoms with Gasteiger partial charge in [-0.3, -0.25) is 4.79 Å². The lowest BCUT2D eigenvalue weighted by atomic mass is 10.2. The van der Waals surface area contributed by atoms with Crippen molar-refractivity contribution >= 4 is 38.3 Å². The summed E-state index contributed by atoms with van der Waals surface area (Å²) in [5.74, 6) is 0.120. The van der Waals surface area contributed by atoms with E-state index in [1.807, 2.05) is 24.3 Å². The van der Waals surface area contributed by atoms with Crippen LogP contribution in [-0.4, -0.2) is 14.6 Å². The average Bonchev–Trinajstić information content (AvgIpc) is 3.11. The Bertz CT molecular complexity index is 1150. The third kappa shape index (κ3) is 2.65. The van der Waals surface area contributed by atoms with E-state index < -0.39 is 0 Å². The molecule has 0 atom stereocenters. The molecule has 0 unspecified atom stereocenters. The highest BCUT2D eigenvalue weighted by Gasteiger charge is 2.12. The van der Waals surface area contributed by atoms with Crippen molar-refractivity contribution in [2.24, 2.45) is 0 Å². The van der Waals surface area contributed by atoms with Crippen LogP contribution in [0.2, 0.25) is 0 Å². The van der Waals surface area contributed by atoms with Crippen molar-refractivity contribution in [3.05, 3.63) is 79.3 Å². The number of benzene rings is 2. The summed E-state index contributed by atoms with van der Waals surface area (Å²) in [6.07, 6.45) is 1.53. The molecule has 0 radical (unpaired) electrons. The second-order valence-electron chi connectivity index (χ2n) is 5.07. The first-order valence-electron chi connectivity index (χ1n) is 7.03. The third-order valence-corrected chi connectivity index (χ3v) is 4.96. The lowest BCUT2D eigenvalue weighted by Gasteiger charge is -1.94. The van der Waals surface area contributed by atoms with E-state index in [1.165, 1.54) is 28.0 Å². The largest absolute Gasteiger partial charge is 0.291 e. The van der Waals surface area contributed by atoms with Crippen LogP contribution in [0.25, 0.3) is 22.4 Å². The van der Waals surface area contributed by atoms with E-state index in [4.69, 9.17) is 0 Å². The number of nitrogens with zero attached hydrogens (tertiary/aromatic N) is 3. The minimum absolute atomic E-state index is 0.297. The van der Waals surface area contributed by atoms with Gasteiger partial charge in [-0.25, -0.2) is 4.39 Å². The topological polar surface area (TPSA) is 47.3 Å². The lowest BCUT2D eigenvalue weighted by Crippen LogP contribution is -2.23. The summed E-state index contributed by atoms with van der Waals surface area (Å²) in [7, 11) is 0. The minimum Gasteiger partial charge on any atom is -0.266 e. The minimum atomic E-state index is -0.369. The van der Waals surface area contributed by atoms with Crippen LogP contribution in [0.15, 0.2) is 57.8 Å². The van der Waals surface area contributed by atoms with Crippen molar-refractivity contribution in [2.45, 2.75) is 0 Å². The molecule has 0 fully saturated rings. The monoisotopic (exact) mass is 401 g/mol. The van der Waals surface area contributed by atoms with Crippen molar-refractivity contribution in [2.75, 3.05) is 0 Å². The van der Waals surface area contributed by atoms with Crippen LogP contribution in [0.1, 0.15) is 5.56 Å². The van der Waals surface area contributed by atoms with E-state index in [-0.39, 0.29) is 11.4 Å². The summed E-state index contributed by atoms with van der Waals surface area (Å²) in [4.78, 5) is 17.3. The van der Waals surface area contributed by atoms with E-state index >= 15 is 0 Å². The van der Waals surface area contributed by atoms with Crippen LogP contribution in [0.5, 0.6) is 0 Å². The molecular weight excluding hydrogens is 393 g/mol. The summed E-state index contributed by atoms with van der Waals surface area (Å²) in [5, 5.41) is 4.27. The molecule has 4 aromatic rings. The lowest BCUT2D eigenvalue weighted by molar-refractivity contribution is 0.625. The quantitative estimate of drug-likeness (QED) is 0.517. The van der Waals surface area contributed by atoms with Crippen LogP contribution in [-0.2, 0) is 0 Å². The number of hydrogen-bond acceptors (Lipinski definition) is 4. The number of aromatic nitrogens is 3. The van der Waals surface area contributed by atoms with Crippen LogP contribution in [0.3, 0.4) is 0 Å². The Kier molecular flexibility index (Phi) is 3.74. The summed E-state index contributed by atoms with van der Waals surface area (Å²) >= 11 is 4.57. The summed E-state index contributed by atoms with van der Waals surface area (Å²) in [6.45, 7) is 0. The second-order valence-corrected chi connectivity index (χ2v) is 7.00. The second kappa shape index (κ2) is 5.92. The van der Waals surface area contributed by atoms with Gasteiger partial charge in [0.15, 0.2) is 5.82 Å². The fraction of sp³-hybridized carbons (Fsp3) is 0. The fourth-order valence-corrected chi connectivity index (χ4v) is 3.45. The predicted molar refractivity (Wildman–Crippen MR) is 95.5 cm³/mol. The molecule has 2 heterocycles. The number of fused-ring (bicyclic) bond motifs is 1. The molecule has 0 aliphatic carbocycles. The zero-order chi connectivity index (χ0) is 16.7. The molecule has 0 saturated carbocycles. The number of hydrogen-bond donors (Lipinski definition) is 0. The van der Waals surface area contributed by atoms with Crippen molar-refractivity contribution in [1.82, 2.24) is 14.6 Å². The van der Waals surface area contributed by atoms with Crippen molar-refractivity contribution < 1.29 is 4.39 Å². The number of rotatable bonds is 2. The molecule has 7 heteroatoms. The van der Waals surface area contributed by atoms with E-state index in [0.29, 0.717) is 20.9 Å². The Morgan fingerprint density at radius 1 is 1.12 bits per heavy atom. The van der Waals surface area contributed by atoms with Gasteiger partial charge in [0, 0.05) is 15.6 Å². The Balaban J connectivity index is 1.83. The van der Waals surface area contributed by atoms with Crippen molar-refractivity contribution in [3.8, 4) is 11.4 Å². The van der Waals surface area contributed by atoms with Gasteiger partial charge in [-0.15, -0.1) is 5.10 Å². The standard InChI is InChI=1S/C17H9BrFN3OS/c18-12-7-5-10(6-8-12)15-20-17-22(21-15)16(23)14(24-17)9-11-3-1-2-4-13(11)19/h1-9H/b14-9+. The molecule has 2 aromatic carbocycles. The van der Waals surface area contributed by atoms with Gasteiger partial charge in [-0.05, 0) is 24.3 Å². The van der Waals surface area contributed by atoms with Gasteiger partial charge in [-0.1, -0.05) is 57.6 Å². The molecule has 24 heavy (non-hydrogen) atoms. The normalized spacial score (nSPS) is 12.2. The molecule has 4 rings (SSSR count). The van der Waals surface area contributed by atoms with E-state index in [2.05, 4.69) is 26.0 Å². The zero-order valence-electron chi connectivity index (χ0n) is 12.1. The molecule has 0 aliphatic heterocycles. The van der Waals surface area contributed by atoms with Crippen LogP contribution in [0, 0.1) is 5.82 Å². The molecule has 0 aliphatic rings. The highest BCUT2D eigenvalue weighted by Crippen LogP contribution is 2.19. The number of thiazole rings is 1. The molecule has 0 spiro atoms. The van der Waals surface area contributed by atoms with Crippen molar-refractivity contribution in [1.29, 1.82) is 0 Å². The van der Waals surface area contributed by atoms with Gasteiger partial charge in [0.1, 0.15) is 5.82 Å². The summed E-state index contributed by atoms with van der Waals surface area (Å²) in [6, 6.07) is 13.8. The van der Waals surface area contributed by atoms with Gasteiger partial charge in [0.05, 0.1) is 4.53 Å². The Hall–Kier alpha value is -2.38. The Labute approximate surface area is 148 Å². The SMILES string of the molecule is O=c1/c(=C\c2ccccc2F)sc2nc(-c3ccc(Br)cc3)nn12. The van der Waals surface area contributed by atoms with Gasteiger partial charge >= 0.3 is 0 Å². The highest BCUT2D eigenvalue weighted by atomic mass is 79.9. The summed E-state index contributed by atoms with van der Waals surface area (Å²) < 4.78 is 16.4. The van der Waals surface area contributed by atoms with Gasteiger partial charge in [0.25, 0.3) is 5.56 Å². The predicted octanol–water partition coefficient (Wildman–Crippen LogP) is 3.27. The Morgan fingerprint density at radius 2 is 1.88 bits per heavy atom. The van der Waals surface area contributed by atoms with Gasteiger partial charge in [0.2, 0.25) is 4.96 Å². The van der Waals surface area contributed by atoms with E-state index in [9.17, 15) is 9.18 Å². The fourth-order valence-electron chi connectivity index (χ4n) is 2.29. The molecule has 0 N–H and O–H groups in total. The van der Waals surface area contributed by atoms with Crippen LogP contribution in [0.4, 0.5) is 4.39 Å². The van der Waals surface area contributed by atoms with Gasteiger partial charge < -0.3 is 0 Å². The van der Waals surface area contributed by atoms with Crippen LogP contribution < -0.4 is 10.1 Å².